The molecule has 8 heteroatoms. The molecule has 2 N–H and O–H groups in total. The summed E-state index contributed by atoms with van der Waals surface area (Å²) in [5.41, 5.74) is 0.467. The maximum atomic E-state index is 12.9. The number of hydrogen-bond acceptors (Lipinski definition) is 6. The third-order valence-corrected chi connectivity index (χ3v) is 6.30. The number of allylic oxidation sites excluding steroid dienone is 5. The fourth-order valence-electron chi connectivity index (χ4n) is 4.16. The molecule has 0 aliphatic carbocycles. The van der Waals surface area contributed by atoms with Crippen LogP contribution in [0.2, 0.25) is 0 Å². The molecule has 1 aliphatic rings. The monoisotopic (exact) mass is 570 g/mol. The maximum Gasteiger partial charge on any atom is 0.373 e. The van der Waals surface area contributed by atoms with E-state index in [1.165, 1.54) is 13.2 Å². The highest BCUT2D eigenvalue weighted by Gasteiger charge is 2.32. The average Bonchev–Trinajstić information content (AvgIpc) is 2.89. The van der Waals surface area contributed by atoms with Crippen molar-refractivity contribution in [1.29, 1.82) is 0 Å². The molecule has 1 rings (SSSR count). The quantitative estimate of drug-likeness (QED) is 0.111. The van der Waals surface area contributed by atoms with Crippen LogP contribution in [0.5, 0.6) is 0 Å². The second-order valence-electron chi connectivity index (χ2n) is 11.5. The molecule has 0 fully saturated rings. The lowest BCUT2D eigenvalue weighted by Crippen LogP contribution is -2.52. The Kier molecular flexibility index (Phi) is 15.8. The molecule has 0 saturated carbocycles. The highest BCUT2D eigenvalue weighted by atomic mass is 16.6. The van der Waals surface area contributed by atoms with Gasteiger partial charge < -0.3 is 24.8 Å². The molecule has 8 nitrogen and oxygen atoms in total. The summed E-state index contributed by atoms with van der Waals surface area (Å²) in [6.07, 6.45) is 19.9. The average molecular weight is 571 g/mol. The first kappa shape index (κ1) is 35.6. The molecule has 0 aromatic carbocycles. The van der Waals surface area contributed by atoms with Gasteiger partial charge in [-0.25, -0.2) is 4.79 Å². The summed E-state index contributed by atoms with van der Waals surface area (Å²) in [6.45, 7) is 15.6. The van der Waals surface area contributed by atoms with Crippen LogP contribution in [0.3, 0.4) is 0 Å². The number of carbonyl (C=O) groups is 3. The Labute approximate surface area is 246 Å². The Balaban J connectivity index is 2.68. The van der Waals surface area contributed by atoms with Crippen LogP contribution in [0.25, 0.3) is 0 Å². The maximum absolute atomic E-state index is 12.9. The van der Waals surface area contributed by atoms with Gasteiger partial charge in [0.1, 0.15) is 12.1 Å². The number of cyclic esters (lactones) is 1. The van der Waals surface area contributed by atoms with Gasteiger partial charge in [0, 0.05) is 18.4 Å². The van der Waals surface area contributed by atoms with E-state index in [1.807, 2.05) is 79.7 Å². The highest BCUT2D eigenvalue weighted by molar-refractivity contribution is 5.93. The summed E-state index contributed by atoms with van der Waals surface area (Å²) < 4.78 is 16.4. The number of carbonyl (C=O) groups excluding carboxylic acids is 3. The van der Waals surface area contributed by atoms with Gasteiger partial charge in [0.25, 0.3) is 0 Å². The Morgan fingerprint density at radius 2 is 1.78 bits per heavy atom. The molecule has 1 aliphatic heterocycles. The third-order valence-electron chi connectivity index (χ3n) is 6.30. The normalized spacial score (nSPS) is 19.1. The Bertz CT molecular complexity index is 1040. The molecule has 228 valence electrons. The van der Waals surface area contributed by atoms with Gasteiger partial charge in [-0.2, -0.15) is 0 Å². The molecular weight excluding hydrogens is 520 g/mol. The first-order valence-corrected chi connectivity index (χ1v) is 14.3. The number of esters is 1. The van der Waals surface area contributed by atoms with Crippen molar-refractivity contribution in [2.75, 3.05) is 7.11 Å². The number of hydrogen-bond donors (Lipinski definition) is 2. The summed E-state index contributed by atoms with van der Waals surface area (Å²) in [5, 5.41) is 5.62. The van der Waals surface area contributed by atoms with E-state index in [0.717, 1.165) is 12.0 Å². The van der Waals surface area contributed by atoms with E-state index < -0.39 is 17.4 Å². The van der Waals surface area contributed by atoms with Crippen LogP contribution in [0, 0.1) is 11.3 Å². The molecule has 4 atom stereocenters. The van der Waals surface area contributed by atoms with Crippen molar-refractivity contribution in [3.63, 3.8) is 0 Å². The Morgan fingerprint density at radius 3 is 2.37 bits per heavy atom. The van der Waals surface area contributed by atoms with E-state index in [-0.39, 0.29) is 41.8 Å². The largest absolute Gasteiger partial charge is 0.490 e. The summed E-state index contributed by atoms with van der Waals surface area (Å²) >= 11 is 0. The smallest absolute Gasteiger partial charge is 0.373 e. The zero-order valence-electron chi connectivity index (χ0n) is 26.2. The second-order valence-corrected chi connectivity index (χ2v) is 11.5. The van der Waals surface area contributed by atoms with Crippen LogP contribution < -0.4 is 10.6 Å². The van der Waals surface area contributed by atoms with Crippen LogP contribution >= 0.6 is 0 Å². The molecule has 0 unspecified atom stereocenters. The van der Waals surface area contributed by atoms with Gasteiger partial charge in [-0.05, 0) is 58.2 Å². The summed E-state index contributed by atoms with van der Waals surface area (Å²) in [5.74, 6) is -0.859. The number of nitrogens with one attached hydrogen (secondary N) is 2. The van der Waals surface area contributed by atoms with Crippen molar-refractivity contribution in [2.45, 2.75) is 99.0 Å². The van der Waals surface area contributed by atoms with Gasteiger partial charge >= 0.3 is 5.97 Å². The molecule has 0 bridgehead atoms. The lowest BCUT2D eigenvalue weighted by molar-refractivity contribution is -0.151. The van der Waals surface area contributed by atoms with Crippen molar-refractivity contribution in [2.24, 2.45) is 11.3 Å². The van der Waals surface area contributed by atoms with Gasteiger partial charge in [-0.1, -0.05) is 75.8 Å². The molecular formula is C33H50N2O6. The molecule has 0 saturated heterocycles. The lowest BCUT2D eigenvalue weighted by atomic mass is 9.86. The van der Waals surface area contributed by atoms with E-state index in [0.29, 0.717) is 12.8 Å². The van der Waals surface area contributed by atoms with E-state index in [9.17, 15) is 14.4 Å². The van der Waals surface area contributed by atoms with Crippen LogP contribution in [0.15, 0.2) is 72.2 Å². The van der Waals surface area contributed by atoms with E-state index in [1.54, 1.807) is 24.4 Å². The van der Waals surface area contributed by atoms with E-state index in [2.05, 4.69) is 16.7 Å². The fraction of sp³-hybridized carbons (Fsp3) is 0.545. The molecule has 0 spiro atoms. The summed E-state index contributed by atoms with van der Waals surface area (Å²) in [6, 6.07) is -0.729. The predicted octanol–water partition coefficient (Wildman–Crippen LogP) is 5.84. The van der Waals surface area contributed by atoms with E-state index >= 15 is 0 Å². The van der Waals surface area contributed by atoms with Crippen molar-refractivity contribution in [1.82, 2.24) is 10.6 Å². The number of rotatable bonds is 15. The fourth-order valence-corrected chi connectivity index (χ4v) is 4.16. The first-order chi connectivity index (χ1) is 19.3. The summed E-state index contributed by atoms with van der Waals surface area (Å²) in [4.78, 5) is 37.4. The minimum Gasteiger partial charge on any atom is -0.490 e. The molecule has 41 heavy (non-hydrogen) atoms. The number of amides is 2. The summed E-state index contributed by atoms with van der Waals surface area (Å²) in [7, 11) is 1.45. The second kappa shape index (κ2) is 18.1. The molecule has 0 aromatic heterocycles. The van der Waals surface area contributed by atoms with Gasteiger partial charge in [0.2, 0.25) is 11.8 Å². The zero-order valence-corrected chi connectivity index (χ0v) is 26.2. The molecule has 1 heterocycles. The number of methoxy groups -OCH3 is 1. The van der Waals surface area contributed by atoms with E-state index in [4.69, 9.17) is 14.2 Å². The molecule has 2 amide bonds. The van der Waals surface area contributed by atoms with Gasteiger partial charge in [0.05, 0.1) is 19.3 Å². The molecule has 0 aromatic rings. The Hall–Kier alpha value is -3.39. The van der Waals surface area contributed by atoms with Crippen LogP contribution in [0.1, 0.15) is 74.7 Å². The van der Waals surface area contributed by atoms with Gasteiger partial charge in [-0.15, -0.1) is 0 Å². The topological polar surface area (TPSA) is 103 Å². The lowest BCUT2D eigenvalue weighted by Gasteiger charge is -2.29. The SMILES string of the molecule is C/C=C\C[C@@H](C/C=C\NC(=O)[C@@H](NC(=O)\C=C/C=C\C(C)=C\[C@H](C)[C@@H]1CC=C(OC)C(=O)O1)C(C)(C)C)OC(C)C. The van der Waals surface area contributed by atoms with Gasteiger partial charge in [0.15, 0.2) is 5.76 Å². The Morgan fingerprint density at radius 1 is 1.12 bits per heavy atom. The van der Waals surface area contributed by atoms with Crippen LogP contribution in [-0.4, -0.2) is 49.2 Å². The minimum atomic E-state index is -0.729. The van der Waals surface area contributed by atoms with Crippen LogP contribution in [0.4, 0.5) is 0 Å². The first-order valence-electron chi connectivity index (χ1n) is 14.3. The van der Waals surface area contributed by atoms with Crippen molar-refractivity contribution >= 4 is 17.8 Å². The van der Waals surface area contributed by atoms with Crippen LogP contribution in [-0.2, 0) is 28.6 Å². The van der Waals surface area contributed by atoms with Gasteiger partial charge in [-0.3, -0.25) is 9.59 Å². The predicted molar refractivity (Wildman–Crippen MR) is 164 cm³/mol. The standard InChI is InChI=1S/C33H50N2O6/c1-10-11-16-26(40-23(2)3)17-14-21-34-31(37)30(33(6,7)8)35-29(36)18-13-12-15-24(4)22-25(5)27-19-20-28(39-9)32(38)41-27/h10-15,18,20-23,25-27,30H,16-17,19H2,1-9H3,(H,34,37)(H,35,36)/b11-10-,15-12-,18-13-,21-14-,24-22+/t25-,26-,27-,30+/m0/s1. The highest BCUT2D eigenvalue weighted by Crippen LogP contribution is 2.23. The third kappa shape index (κ3) is 14.2. The van der Waals surface area contributed by atoms with Crippen molar-refractivity contribution in [3.05, 3.63) is 72.2 Å². The zero-order chi connectivity index (χ0) is 31.0. The number of ether oxygens (including phenoxy) is 3. The van der Waals surface area contributed by atoms with Crippen molar-refractivity contribution in [3.8, 4) is 0 Å². The minimum absolute atomic E-state index is 0.00688. The van der Waals surface area contributed by atoms with Crippen molar-refractivity contribution < 1.29 is 28.6 Å². The molecule has 0 radical (unpaired) electrons.